The van der Waals surface area contributed by atoms with Crippen LogP contribution in [0.15, 0.2) is 42.7 Å². The summed E-state index contributed by atoms with van der Waals surface area (Å²) < 4.78 is 11.1. The van der Waals surface area contributed by atoms with Crippen LogP contribution in [0.2, 0.25) is 0 Å². The summed E-state index contributed by atoms with van der Waals surface area (Å²) in [5, 5.41) is 26.2. The van der Waals surface area contributed by atoms with Crippen LogP contribution in [0.1, 0.15) is 43.6 Å². The van der Waals surface area contributed by atoms with Gasteiger partial charge in [0.2, 0.25) is 0 Å². The molecule has 8 nitrogen and oxygen atoms in total. The zero-order valence-corrected chi connectivity index (χ0v) is 16.4. The third-order valence-corrected chi connectivity index (χ3v) is 5.38. The van der Waals surface area contributed by atoms with Gasteiger partial charge in [-0.2, -0.15) is 0 Å². The fraction of sp³-hybridized carbons (Fsp3) is 0.350. The standard InChI is InChI=1S/C20H22N3O5/c1-19(2)20(3,4)23(26)17(22(19)25)13-6-8-15(9-7-13)28-16-10-14(11-21-12-16)18(24)27-5/h6-12H,1-5H3. The van der Waals surface area contributed by atoms with Crippen molar-refractivity contribution >= 4 is 11.8 Å². The van der Waals surface area contributed by atoms with E-state index in [1.165, 1.54) is 25.6 Å². The Morgan fingerprint density at radius 1 is 1.11 bits per heavy atom. The first-order chi connectivity index (χ1) is 13.1. The van der Waals surface area contributed by atoms with Crippen LogP contribution in [-0.2, 0) is 9.94 Å². The van der Waals surface area contributed by atoms with Gasteiger partial charge >= 0.3 is 11.8 Å². The molecule has 1 aromatic carbocycles. The fourth-order valence-electron chi connectivity index (χ4n) is 2.86. The van der Waals surface area contributed by atoms with E-state index in [9.17, 15) is 15.2 Å². The van der Waals surface area contributed by atoms with Crippen molar-refractivity contribution in [1.82, 2.24) is 10.0 Å². The molecule has 0 saturated heterocycles. The Morgan fingerprint density at radius 3 is 2.29 bits per heavy atom. The van der Waals surface area contributed by atoms with Crippen molar-refractivity contribution in [3.05, 3.63) is 59.1 Å². The average Bonchev–Trinajstić information content (AvgIpc) is 2.79. The van der Waals surface area contributed by atoms with Gasteiger partial charge in [0.25, 0.3) is 0 Å². The molecule has 147 valence electrons. The van der Waals surface area contributed by atoms with E-state index >= 15 is 0 Å². The number of amidine groups is 1. The van der Waals surface area contributed by atoms with Crippen LogP contribution in [0.5, 0.6) is 11.5 Å². The predicted octanol–water partition coefficient (Wildman–Crippen LogP) is 3.14. The van der Waals surface area contributed by atoms with Gasteiger partial charge in [-0.25, -0.2) is 4.79 Å². The molecule has 0 unspecified atom stereocenters. The van der Waals surface area contributed by atoms with Gasteiger partial charge in [-0.1, -0.05) is 5.06 Å². The van der Waals surface area contributed by atoms with Crippen molar-refractivity contribution in [2.75, 3.05) is 7.11 Å². The Bertz CT molecular complexity index is 935. The molecule has 28 heavy (non-hydrogen) atoms. The Labute approximate surface area is 163 Å². The molecule has 0 spiro atoms. The highest BCUT2D eigenvalue weighted by atomic mass is 16.5. The molecular formula is C20H22N3O5. The normalized spacial score (nSPS) is 17.6. The van der Waals surface area contributed by atoms with Gasteiger partial charge in [-0.3, -0.25) is 9.72 Å². The molecule has 0 atom stereocenters. The summed E-state index contributed by atoms with van der Waals surface area (Å²) in [6.07, 6.45) is 2.85. The SMILES string of the molecule is COC(=O)c1cncc(Oc2ccc(C3=[N+]([O-])C(C)(C)C(C)(C)N3[O])cc2)c1. The van der Waals surface area contributed by atoms with Gasteiger partial charge in [-0.05, 0) is 58.0 Å². The summed E-state index contributed by atoms with van der Waals surface area (Å²) in [4.78, 5) is 15.5. The van der Waals surface area contributed by atoms with Gasteiger partial charge in [0.15, 0.2) is 5.54 Å². The van der Waals surface area contributed by atoms with Crippen molar-refractivity contribution in [3.8, 4) is 11.5 Å². The van der Waals surface area contributed by atoms with Crippen molar-refractivity contribution in [2.45, 2.75) is 38.8 Å². The van der Waals surface area contributed by atoms with Crippen molar-refractivity contribution in [1.29, 1.82) is 0 Å². The van der Waals surface area contributed by atoms with Crippen molar-refractivity contribution in [3.63, 3.8) is 0 Å². The first-order valence-corrected chi connectivity index (χ1v) is 8.73. The smallest absolute Gasteiger partial charge is 0.339 e. The third-order valence-electron chi connectivity index (χ3n) is 5.38. The van der Waals surface area contributed by atoms with Crippen LogP contribution < -0.4 is 4.74 Å². The molecule has 8 heteroatoms. The Hall–Kier alpha value is -3.13. The largest absolute Gasteiger partial charge is 0.714 e. The van der Waals surface area contributed by atoms with Crippen molar-refractivity contribution < 1.29 is 24.2 Å². The lowest BCUT2D eigenvalue weighted by molar-refractivity contribution is -0.539. The maximum absolute atomic E-state index is 12.7. The minimum absolute atomic E-state index is 0.0657. The number of ether oxygens (including phenoxy) is 2. The molecule has 2 aromatic rings. The molecule has 0 aliphatic carbocycles. The van der Waals surface area contributed by atoms with Gasteiger partial charge in [0.1, 0.15) is 17.0 Å². The number of carbonyl (C=O) groups excluding carboxylic acids is 1. The molecule has 0 bridgehead atoms. The molecule has 0 amide bonds. The summed E-state index contributed by atoms with van der Waals surface area (Å²) >= 11 is 0. The van der Waals surface area contributed by atoms with Gasteiger partial charge < -0.3 is 14.7 Å². The number of hydrogen-bond acceptors (Lipinski definition) is 6. The molecule has 2 heterocycles. The molecule has 1 aliphatic heterocycles. The first kappa shape index (κ1) is 19.6. The van der Waals surface area contributed by atoms with E-state index in [0.29, 0.717) is 17.1 Å². The Balaban J connectivity index is 1.85. The second-order valence-corrected chi connectivity index (χ2v) is 7.56. The zero-order chi connectivity index (χ0) is 20.7. The molecule has 1 aliphatic rings. The maximum atomic E-state index is 12.7. The highest BCUT2D eigenvalue weighted by molar-refractivity contribution is 5.96. The second-order valence-electron chi connectivity index (χ2n) is 7.56. The minimum Gasteiger partial charge on any atom is -0.714 e. The first-order valence-electron chi connectivity index (χ1n) is 8.73. The van der Waals surface area contributed by atoms with Gasteiger partial charge in [0, 0.05) is 11.4 Å². The van der Waals surface area contributed by atoms with E-state index in [-0.39, 0.29) is 11.4 Å². The van der Waals surface area contributed by atoms with E-state index in [0.717, 1.165) is 9.80 Å². The number of hydroxylamine groups is 3. The lowest BCUT2D eigenvalue weighted by atomic mass is 9.84. The van der Waals surface area contributed by atoms with Crippen LogP contribution in [-0.4, -0.2) is 44.8 Å². The number of benzene rings is 1. The van der Waals surface area contributed by atoms with Crippen LogP contribution in [0.25, 0.3) is 0 Å². The number of pyridine rings is 1. The third kappa shape index (κ3) is 3.05. The molecular weight excluding hydrogens is 362 g/mol. The number of aromatic nitrogens is 1. The van der Waals surface area contributed by atoms with Gasteiger partial charge in [-0.15, -0.1) is 0 Å². The molecule has 3 rings (SSSR count). The number of methoxy groups -OCH3 is 1. The van der Waals surface area contributed by atoms with Crippen LogP contribution in [0.4, 0.5) is 0 Å². The van der Waals surface area contributed by atoms with E-state index in [4.69, 9.17) is 4.74 Å². The molecule has 0 N–H and O–H groups in total. The highest BCUT2D eigenvalue weighted by Crippen LogP contribution is 2.37. The molecule has 0 fully saturated rings. The van der Waals surface area contributed by atoms with E-state index < -0.39 is 17.0 Å². The van der Waals surface area contributed by atoms with Crippen LogP contribution in [0, 0.1) is 5.21 Å². The summed E-state index contributed by atoms with van der Waals surface area (Å²) in [6, 6.07) is 8.10. The van der Waals surface area contributed by atoms with E-state index in [1.54, 1.807) is 52.0 Å². The minimum atomic E-state index is -0.876. The van der Waals surface area contributed by atoms with Crippen molar-refractivity contribution in [2.24, 2.45) is 0 Å². The molecule has 0 saturated carbocycles. The summed E-state index contributed by atoms with van der Waals surface area (Å²) in [6.45, 7) is 6.99. The van der Waals surface area contributed by atoms with Gasteiger partial charge in [0.05, 0.1) is 24.4 Å². The number of nitrogens with zero attached hydrogens (tertiary/aromatic N) is 3. The quantitative estimate of drug-likeness (QED) is 0.456. The Morgan fingerprint density at radius 2 is 1.75 bits per heavy atom. The predicted molar refractivity (Wildman–Crippen MR) is 101 cm³/mol. The second kappa shape index (κ2) is 6.79. The monoisotopic (exact) mass is 384 g/mol. The number of hydrogen-bond donors (Lipinski definition) is 0. The number of esters is 1. The summed E-state index contributed by atoms with van der Waals surface area (Å²) in [5.41, 5.74) is -0.984. The number of rotatable bonds is 4. The van der Waals surface area contributed by atoms with E-state index in [1.807, 2.05) is 0 Å². The topological polar surface area (TPSA) is 97.6 Å². The maximum Gasteiger partial charge on any atom is 0.339 e. The van der Waals surface area contributed by atoms with E-state index in [2.05, 4.69) is 9.72 Å². The zero-order valence-electron chi connectivity index (χ0n) is 16.4. The van der Waals surface area contributed by atoms with Crippen LogP contribution in [0.3, 0.4) is 0 Å². The number of carbonyl (C=O) groups is 1. The van der Waals surface area contributed by atoms with Crippen LogP contribution >= 0.6 is 0 Å². The lowest BCUT2D eigenvalue weighted by Gasteiger charge is -2.32. The average molecular weight is 384 g/mol. The summed E-state index contributed by atoms with van der Waals surface area (Å²) in [5.74, 6) is 0.389. The lowest BCUT2D eigenvalue weighted by Crippen LogP contribution is -2.53. The summed E-state index contributed by atoms with van der Waals surface area (Å²) in [7, 11) is 1.29. The highest BCUT2D eigenvalue weighted by Gasteiger charge is 2.59. The molecule has 1 aromatic heterocycles. The molecule has 1 radical (unpaired) electrons. The Kier molecular flexibility index (Phi) is 4.76. The fourth-order valence-corrected chi connectivity index (χ4v) is 2.86.